The summed E-state index contributed by atoms with van der Waals surface area (Å²) < 4.78 is 0. The van der Waals surface area contributed by atoms with Crippen LogP contribution >= 0.6 is 0 Å². The number of Topliss-reactive ketones (excluding diaryl/α,β-unsaturated/α-hetero) is 2. The molecule has 0 bridgehead atoms. The summed E-state index contributed by atoms with van der Waals surface area (Å²) in [6, 6.07) is 6.59. The maximum atomic E-state index is 12.2. The molecule has 0 heterocycles. The Hall–Kier alpha value is -1.52. The van der Waals surface area contributed by atoms with Crippen molar-refractivity contribution in [3.05, 3.63) is 47.2 Å². The molecule has 0 atom stereocenters. The molecule has 0 saturated carbocycles. The number of hydrogen-bond donors (Lipinski definition) is 1. The fourth-order valence-electron chi connectivity index (χ4n) is 2.20. The van der Waals surface area contributed by atoms with Crippen molar-refractivity contribution in [1.29, 1.82) is 0 Å². The predicted octanol–water partition coefficient (Wildman–Crippen LogP) is 2.62. The van der Waals surface area contributed by atoms with Crippen molar-refractivity contribution in [2.24, 2.45) is 0 Å². The molecule has 0 saturated heterocycles. The maximum absolute atomic E-state index is 12.2. The molecule has 1 aromatic carbocycles. The first-order chi connectivity index (χ1) is 8.76. The van der Waals surface area contributed by atoms with E-state index in [4.69, 9.17) is 0 Å². The molecule has 0 spiro atoms. The van der Waals surface area contributed by atoms with Crippen LogP contribution in [0.15, 0.2) is 36.0 Å². The summed E-state index contributed by atoms with van der Waals surface area (Å²) in [5, 5.41) is 10.4. The van der Waals surface area contributed by atoms with Gasteiger partial charge in [-0.3, -0.25) is 9.59 Å². The smallest absolute Gasteiger partial charge is 0.203 e. The number of fused-ring (bicyclic) bond motifs is 1. The minimum Gasteiger partial charge on any atom is -0.374 e. The van der Waals surface area contributed by atoms with Gasteiger partial charge in [0.05, 0.1) is 8.07 Å². The molecule has 0 unspecified atom stereocenters. The number of benzene rings is 1. The van der Waals surface area contributed by atoms with Crippen molar-refractivity contribution in [1.82, 2.24) is 0 Å². The molecule has 2 rings (SSSR count). The second-order valence-corrected chi connectivity index (χ2v) is 11.1. The van der Waals surface area contributed by atoms with Gasteiger partial charge in [-0.05, 0) is 0 Å². The van der Waals surface area contributed by atoms with Gasteiger partial charge in [-0.15, -0.1) is 0 Å². The SMILES string of the molecule is C[Si](C)(C)/C=C\CC1(O)C(=O)c2ccccc2C1=O. The molecule has 1 aliphatic carbocycles. The third-order valence-electron chi connectivity index (χ3n) is 3.20. The molecule has 0 aliphatic heterocycles. The molecule has 1 N–H and O–H groups in total. The lowest BCUT2D eigenvalue weighted by Crippen LogP contribution is -2.40. The van der Waals surface area contributed by atoms with E-state index >= 15 is 0 Å². The molecule has 0 aromatic heterocycles. The topological polar surface area (TPSA) is 54.4 Å². The lowest BCUT2D eigenvalue weighted by atomic mass is 9.94. The zero-order valence-electron chi connectivity index (χ0n) is 11.4. The van der Waals surface area contributed by atoms with Gasteiger partial charge in [0.15, 0.2) is 5.60 Å². The van der Waals surface area contributed by atoms with E-state index in [9.17, 15) is 14.7 Å². The van der Waals surface area contributed by atoms with E-state index in [1.54, 1.807) is 30.3 Å². The van der Waals surface area contributed by atoms with Crippen molar-refractivity contribution >= 4 is 19.6 Å². The van der Waals surface area contributed by atoms with Crippen LogP contribution in [0.1, 0.15) is 27.1 Å². The van der Waals surface area contributed by atoms with Crippen molar-refractivity contribution in [3.8, 4) is 0 Å². The quantitative estimate of drug-likeness (QED) is 0.681. The second kappa shape index (κ2) is 4.54. The highest BCUT2D eigenvalue weighted by atomic mass is 28.3. The van der Waals surface area contributed by atoms with E-state index < -0.39 is 25.2 Å². The third kappa shape index (κ3) is 2.46. The molecule has 1 aromatic rings. The van der Waals surface area contributed by atoms with Crippen LogP contribution in [0, 0.1) is 0 Å². The Morgan fingerprint density at radius 3 is 2.00 bits per heavy atom. The van der Waals surface area contributed by atoms with E-state index in [0.717, 1.165) is 0 Å². The van der Waals surface area contributed by atoms with E-state index in [-0.39, 0.29) is 6.42 Å². The van der Waals surface area contributed by atoms with Gasteiger partial charge in [-0.2, -0.15) is 0 Å². The van der Waals surface area contributed by atoms with E-state index in [1.807, 2.05) is 5.70 Å². The zero-order valence-corrected chi connectivity index (χ0v) is 12.4. The first-order valence-corrected chi connectivity index (χ1v) is 9.92. The van der Waals surface area contributed by atoms with Crippen LogP contribution in [0.4, 0.5) is 0 Å². The van der Waals surface area contributed by atoms with Gasteiger partial charge in [0.25, 0.3) is 0 Å². The first-order valence-electron chi connectivity index (χ1n) is 6.34. The first kappa shape index (κ1) is 13.9. The minimum absolute atomic E-state index is 0.0591. The van der Waals surface area contributed by atoms with Gasteiger partial charge < -0.3 is 5.11 Å². The Balaban J connectivity index is 2.30. The Morgan fingerprint density at radius 2 is 1.58 bits per heavy atom. The fourth-order valence-corrected chi connectivity index (χ4v) is 3.02. The lowest BCUT2D eigenvalue weighted by Gasteiger charge is -2.17. The molecule has 100 valence electrons. The molecular formula is C15H18O3Si. The average molecular weight is 274 g/mol. The number of carbonyl (C=O) groups excluding carboxylic acids is 2. The van der Waals surface area contributed by atoms with Crippen LogP contribution in [0.25, 0.3) is 0 Å². The fraction of sp³-hybridized carbons (Fsp3) is 0.333. The Bertz CT molecular complexity index is 532. The number of rotatable bonds is 3. The highest BCUT2D eigenvalue weighted by Gasteiger charge is 2.50. The van der Waals surface area contributed by atoms with E-state index in [0.29, 0.717) is 11.1 Å². The van der Waals surface area contributed by atoms with Crippen molar-refractivity contribution in [2.75, 3.05) is 0 Å². The summed E-state index contributed by atoms with van der Waals surface area (Å²) in [7, 11) is -1.40. The molecule has 0 radical (unpaired) electrons. The standard InChI is InChI=1S/C15H18O3Si/c1-19(2,3)10-6-9-15(18)13(16)11-7-4-5-8-12(11)14(15)17/h4-8,10,18H,9H2,1-3H3/b10-6-. The average Bonchev–Trinajstić information content (AvgIpc) is 2.52. The second-order valence-electron chi connectivity index (χ2n) is 6.04. The molecule has 19 heavy (non-hydrogen) atoms. The van der Waals surface area contributed by atoms with Crippen LogP contribution < -0.4 is 0 Å². The molecule has 0 fully saturated rings. The summed E-state index contributed by atoms with van der Waals surface area (Å²) in [5.41, 5.74) is 0.793. The van der Waals surface area contributed by atoms with Crippen LogP contribution in [0.2, 0.25) is 19.6 Å². The number of hydrogen-bond acceptors (Lipinski definition) is 3. The molecule has 3 nitrogen and oxygen atoms in total. The van der Waals surface area contributed by atoms with Crippen molar-refractivity contribution < 1.29 is 14.7 Å². The maximum Gasteiger partial charge on any atom is 0.203 e. The summed E-state index contributed by atoms with van der Waals surface area (Å²) in [6.45, 7) is 6.46. The summed E-state index contributed by atoms with van der Waals surface area (Å²) in [5.74, 6) is -0.957. The Morgan fingerprint density at radius 1 is 1.11 bits per heavy atom. The number of aliphatic hydroxyl groups is 1. The summed E-state index contributed by atoms with van der Waals surface area (Å²) in [6.07, 6.45) is 1.83. The van der Waals surface area contributed by atoms with Gasteiger partial charge >= 0.3 is 0 Å². The van der Waals surface area contributed by atoms with E-state index in [1.165, 1.54) is 0 Å². The predicted molar refractivity (Wildman–Crippen MR) is 77.2 cm³/mol. The van der Waals surface area contributed by atoms with Crippen LogP contribution in [-0.2, 0) is 0 Å². The molecule has 0 amide bonds. The van der Waals surface area contributed by atoms with Gasteiger partial charge in [-0.25, -0.2) is 0 Å². The van der Waals surface area contributed by atoms with Crippen molar-refractivity contribution in [3.63, 3.8) is 0 Å². The Labute approximate surface area is 114 Å². The van der Waals surface area contributed by atoms with Gasteiger partial charge in [0.2, 0.25) is 11.6 Å². The lowest BCUT2D eigenvalue weighted by molar-refractivity contribution is 0.0344. The van der Waals surface area contributed by atoms with Crippen LogP contribution in [0.3, 0.4) is 0 Å². The highest BCUT2D eigenvalue weighted by Crippen LogP contribution is 2.32. The van der Waals surface area contributed by atoms with Crippen molar-refractivity contribution in [2.45, 2.75) is 31.7 Å². The minimum atomic E-state index is -1.90. The monoisotopic (exact) mass is 274 g/mol. The Kier molecular flexibility index (Phi) is 3.32. The highest BCUT2D eigenvalue weighted by molar-refractivity contribution is 6.80. The van der Waals surface area contributed by atoms with E-state index in [2.05, 4.69) is 19.6 Å². The van der Waals surface area contributed by atoms with Gasteiger partial charge in [0, 0.05) is 17.5 Å². The number of carbonyl (C=O) groups is 2. The van der Waals surface area contributed by atoms with Gasteiger partial charge in [0.1, 0.15) is 0 Å². The largest absolute Gasteiger partial charge is 0.374 e. The third-order valence-corrected chi connectivity index (χ3v) is 4.43. The summed E-state index contributed by atoms with van der Waals surface area (Å²) in [4.78, 5) is 24.4. The summed E-state index contributed by atoms with van der Waals surface area (Å²) >= 11 is 0. The molecule has 4 heteroatoms. The molecule has 1 aliphatic rings. The zero-order chi connectivity index (χ0) is 14.3. The van der Waals surface area contributed by atoms with Crippen LogP contribution in [-0.4, -0.2) is 30.3 Å². The van der Waals surface area contributed by atoms with Crippen LogP contribution in [0.5, 0.6) is 0 Å². The normalized spacial score (nSPS) is 18.1. The molecular weight excluding hydrogens is 256 g/mol. The number of ketones is 2. The van der Waals surface area contributed by atoms with Gasteiger partial charge in [-0.1, -0.05) is 55.7 Å².